The molecule has 1 atom stereocenters. The summed E-state index contributed by atoms with van der Waals surface area (Å²) in [6.07, 6.45) is 0. The quantitative estimate of drug-likeness (QED) is 0.851. The van der Waals surface area contributed by atoms with Crippen LogP contribution in [-0.4, -0.2) is 13.2 Å². The van der Waals surface area contributed by atoms with Gasteiger partial charge in [0.25, 0.3) is 0 Å². The number of hydrogen-bond donors (Lipinski definition) is 1. The molecule has 112 valence electrons. The second-order valence-corrected chi connectivity index (χ2v) is 5.54. The summed E-state index contributed by atoms with van der Waals surface area (Å²) in [7, 11) is 0. The van der Waals surface area contributed by atoms with Crippen LogP contribution in [0.5, 0.6) is 5.75 Å². The lowest BCUT2D eigenvalue weighted by atomic mass is 10.1. The molecule has 2 nitrogen and oxygen atoms in total. The van der Waals surface area contributed by atoms with Crippen molar-refractivity contribution in [1.82, 2.24) is 5.32 Å². The van der Waals surface area contributed by atoms with Crippen molar-refractivity contribution in [2.75, 3.05) is 13.2 Å². The van der Waals surface area contributed by atoms with Gasteiger partial charge in [-0.2, -0.15) is 0 Å². The van der Waals surface area contributed by atoms with Crippen molar-refractivity contribution in [2.45, 2.75) is 33.7 Å². The van der Waals surface area contributed by atoms with Gasteiger partial charge in [-0.25, -0.2) is 0 Å². The van der Waals surface area contributed by atoms with E-state index in [0.717, 1.165) is 12.3 Å². The fourth-order valence-corrected chi connectivity index (χ4v) is 2.53. The molecule has 0 fully saturated rings. The molecule has 1 unspecified atom stereocenters. The lowest BCUT2D eigenvalue weighted by Crippen LogP contribution is -2.26. The molecule has 1 N–H and O–H groups in total. The standard InChI is InChI=1S/C19H25NO/c1-5-20-18(17-9-7-6-8-10-17)13-21-19-12-14(2)11-15(3)16(19)4/h6-12,18,20H,5,13H2,1-4H3. The summed E-state index contributed by atoms with van der Waals surface area (Å²) in [5.41, 5.74) is 5.02. The Morgan fingerprint density at radius 1 is 1.05 bits per heavy atom. The van der Waals surface area contributed by atoms with Gasteiger partial charge in [0.15, 0.2) is 0 Å². The molecule has 21 heavy (non-hydrogen) atoms. The maximum Gasteiger partial charge on any atom is 0.122 e. The van der Waals surface area contributed by atoms with Gasteiger partial charge in [-0.3, -0.25) is 0 Å². The first kappa shape index (κ1) is 15.6. The fourth-order valence-electron chi connectivity index (χ4n) is 2.53. The number of rotatable bonds is 6. The molecule has 0 radical (unpaired) electrons. The molecular formula is C19H25NO. The van der Waals surface area contributed by atoms with E-state index in [2.05, 4.69) is 69.4 Å². The zero-order valence-electron chi connectivity index (χ0n) is 13.4. The van der Waals surface area contributed by atoms with Crippen LogP contribution in [0.4, 0.5) is 0 Å². The second kappa shape index (κ2) is 7.28. The van der Waals surface area contributed by atoms with Crippen molar-refractivity contribution >= 4 is 0 Å². The summed E-state index contributed by atoms with van der Waals surface area (Å²) in [4.78, 5) is 0. The van der Waals surface area contributed by atoms with Crippen LogP contribution in [-0.2, 0) is 0 Å². The van der Waals surface area contributed by atoms with E-state index in [4.69, 9.17) is 4.74 Å². The summed E-state index contributed by atoms with van der Waals surface area (Å²) in [6.45, 7) is 10.1. The monoisotopic (exact) mass is 283 g/mol. The summed E-state index contributed by atoms with van der Waals surface area (Å²) in [5.74, 6) is 0.992. The predicted octanol–water partition coefficient (Wildman–Crippen LogP) is 4.34. The maximum atomic E-state index is 6.11. The zero-order chi connectivity index (χ0) is 15.2. The highest BCUT2D eigenvalue weighted by atomic mass is 16.5. The van der Waals surface area contributed by atoms with Crippen LogP contribution in [0.3, 0.4) is 0 Å². The normalized spacial score (nSPS) is 12.2. The Bertz CT molecular complexity index is 578. The first-order valence-electron chi connectivity index (χ1n) is 7.60. The Kier molecular flexibility index (Phi) is 5.40. The minimum atomic E-state index is 0.219. The minimum Gasteiger partial charge on any atom is -0.491 e. The molecule has 0 bridgehead atoms. The van der Waals surface area contributed by atoms with Gasteiger partial charge in [0, 0.05) is 0 Å². The van der Waals surface area contributed by atoms with Gasteiger partial charge in [0.2, 0.25) is 0 Å². The lowest BCUT2D eigenvalue weighted by Gasteiger charge is -2.20. The summed E-state index contributed by atoms with van der Waals surface area (Å²) in [6, 6.07) is 15.0. The number of likely N-dealkylation sites (N-methyl/N-ethyl adjacent to an activating group) is 1. The smallest absolute Gasteiger partial charge is 0.122 e. The largest absolute Gasteiger partial charge is 0.491 e. The molecule has 0 aliphatic rings. The highest BCUT2D eigenvalue weighted by molar-refractivity contribution is 5.42. The van der Waals surface area contributed by atoms with Gasteiger partial charge in [0.05, 0.1) is 6.04 Å². The van der Waals surface area contributed by atoms with E-state index in [-0.39, 0.29) is 6.04 Å². The number of aryl methyl sites for hydroxylation is 2. The van der Waals surface area contributed by atoms with Crippen LogP contribution >= 0.6 is 0 Å². The Balaban J connectivity index is 2.12. The van der Waals surface area contributed by atoms with Crippen LogP contribution < -0.4 is 10.1 Å². The third kappa shape index (κ3) is 4.08. The van der Waals surface area contributed by atoms with Crippen molar-refractivity contribution in [3.8, 4) is 5.75 Å². The molecule has 0 aliphatic carbocycles. The van der Waals surface area contributed by atoms with Crippen LogP contribution in [0.25, 0.3) is 0 Å². The van der Waals surface area contributed by atoms with Crippen molar-refractivity contribution < 1.29 is 4.74 Å². The fraction of sp³-hybridized carbons (Fsp3) is 0.368. The van der Waals surface area contributed by atoms with Crippen LogP contribution in [0.2, 0.25) is 0 Å². The average molecular weight is 283 g/mol. The lowest BCUT2D eigenvalue weighted by molar-refractivity contribution is 0.266. The molecule has 0 amide bonds. The van der Waals surface area contributed by atoms with E-state index in [1.807, 2.05) is 6.07 Å². The molecule has 2 rings (SSSR count). The van der Waals surface area contributed by atoms with E-state index < -0.39 is 0 Å². The second-order valence-electron chi connectivity index (χ2n) is 5.54. The van der Waals surface area contributed by atoms with Crippen LogP contribution in [0.15, 0.2) is 42.5 Å². The number of hydrogen-bond acceptors (Lipinski definition) is 2. The van der Waals surface area contributed by atoms with Gasteiger partial charge < -0.3 is 10.1 Å². The molecular weight excluding hydrogens is 258 g/mol. The minimum absolute atomic E-state index is 0.219. The number of benzene rings is 2. The summed E-state index contributed by atoms with van der Waals surface area (Å²) >= 11 is 0. The molecule has 0 aliphatic heterocycles. The topological polar surface area (TPSA) is 21.3 Å². The SMILES string of the molecule is CCNC(COc1cc(C)cc(C)c1C)c1ccccc1. The van der Waals surface area contributed by atoms with Crippen LogP contribution in [0.1, 0.15) is 35.2 Å². The molecule has 2 aromatic rings. The number of nitrogens with one attached hydrogen (secondary N) is 1. The number of ether oxygens (including phenoxy) is 1. The molecule has 2 heteroatoms. The first-order valence-corrected chi connectivity index (χ1v) is 7.60. The zero-order valence-corrected chi connectivity index (χ0v) is 13.4. The summed E-state index contributed by atoms with van der Waals surface area (Å²) < 4.78 is 6.11. The molecule has 0 heterocycles. The van der Waals surface area contributed by atoms with E-state index in [0.29, 0.717) is 6.61 Å². The highest BCUT2D eigenvalue weighted by Gasteiger charge is 2.12. The van der Waals surface area contributed by atoms with Crippen molar-refractivity contribution in [2.24, 2.45) is 0 Å². The Morgan fingerprint density at radius 3 is 2.43 bits per heavy atom. The van der Waals surface area contributed by atoms with Gasteiger partial charge in [-0.1, -0.05) is 43.3 Å². The molecule has 0 saturated heterocycles. The van der Waals surface area contributed by atoms with Gasteiger partial charge in [-0.15, -0.1) is 0 Å². The molecule has 2 aromatic carbocycles. The van der Waals surface area contributed by atoms with Crippen LogP contribution in [0, 0.1) is 20.8 Å². The third-order valence-electron chi connectivity index (χ3n) is 3.82. The van der Waals surface area contributed by atoms with E-state index in [9.17, 15) is 0 Å². The Labute approximate surface area is 128 Å². The molecule has 0 spiro atoms. The maximum absolute atomic E-state index is 6.11. The van der Waals surface area contributed by atoms with E-state index in [1.54, 1.807) is 0 Å². The van der Waals surface area contributed by atoms with Gasteiger partial charge >= 0.3 is 0 Å². The van der Waals surface area contributed by atoms with E-state index in [1.165, 1.54) is 22.3 Å². The van der Waals surface area contributed by atoms with Crippen molar-refractivity contribution in [3.63, 3.8) is 0 Å². The average Bonchev–Trinajstić information content (AvgIpc) is 2.49. The Hall–Kier alpha value is -1.80. The first-order chi connectivity index (χ1) is 10.1. The van der Waals surface area contributed by atoms with Crippen molar-refractivity contribution in [1.29, 1.82) is 0 Å². The van der Waals surface area contributed by atoms with Gasteiger partial charge in [0.1, 0.15) is 12.4 Å². The molecule has 0 aromatic heterocycles. The highest BCUT2D eigenvalue weighted by Crippen LogP contribution is 2.24. The van der Waals surface area contributed by atoms with E-state index >= 15 is 0 Å². The third-order valence-corrected chi connectivity index (χ3v) is 3.82. The van der Waals surface area contributed by atoms with Crippen molar-refractivity contribution in [3.05, 3.63) is 64.7 Å². The molecule has 0 saturated carbocycles. The summed E-state index contributed by atoms with van der Waals surface area (Å²) in [5, 5.41) is 3.49. The Morgan fingerprint density at radius 2 is 1.76 bits per heavy atom. The predicted molar refractivity (Wildman–Crippen MR) is 89.0 cm³/mol. The van der Waals surface area contributed by atoms with Gasteiger partial charge in [-0.05, 0) is 55.6 Å².